The summed E-state index contributed by atoms with van der Waals surface area (Å²) in [6, 6.07) is 1.93. The lowest BCUT2D eigenvalue weighted by Gasteiger charge is -2.33. The van der Waals surface area contributed by atoms with Gasteiger partial charge < -0.3 is 30.8 Å². The summed E-state index contributed by atoms with van der Waals surface area (Å²) in [6.45, 7) is 0. The summed E-state index contributed by atoms with van der Waals surface area (Å²) in [4.78, 5) is 35.9. The molecule has 4 atom stereocenters. The molecule has 0 saturated heterocycles. The summed E-state index contributed by atoms with van der Waals surface area (Å²) in [6.07, 6.45) is 11.2. The standard InChI is InChI=1S/C24H35N5O4/c30-21(16-8-9-16)22(31)19(11-15-5-2-1-3-6-15)28-24(33)20(12-17-13-25-14-27-17)29-23(32)18-7-4-10-26-18/h4,7,10,13-16,19-22,26,30-31H,1-3,5-6,8-9,11-12H2,(H,25,27)(H,28,33)(H,29,32)/t19-,20?,21-,22+/m0/s1. The van der Waals surface area contributed by atoms with Gasteiger partial charge in [-0.3, -0.25) is 9.59 Å². The molecule has 2 aromatic heterocycles. The number of imidazole rings is 1. The van der Waals surface area contributed by atoms with Gasteiger partial charge in [-0.15, -0.1) is 0 Å². The molecule has 0 spiro atoms. The molecule has 2 aliphatic carbocycles. The Kier molecular flexibility index (Phi) is 7.82. The van der Waals surface area contributed by atoms with Gasteiger partial charge in [0.05, 0.1) is 18.5 Å². The van der Waals surface area contributed by atoms with E-state index in [2.05, 4.69) is 25.6 Å². The zero-order valence-corrected chi connectivity index (χ0v) is 18.9. The van der Waals surface area contributed by atoms with Crippen LogP contribution in [0.2, 0.25) is 0 Å². The third-order valence-corrected chi connectivity index (χ3v) is 6.95. The number of aliphatic hydroxyl groups is 2. The normalized spacial score (nSPS) is 20.5. The molecular weight excluding hydrogens is 422 g/mol. The molecule has 180 valence electrons. The van der Waals surface area contributed by atoms with E-state index in [1.54, 1.807) is 24.5 Å². The van der Waals surface area contributed by atoms with Crippen molar-refractivity contribution in [2.24, 2.45) is 11.8 Å². The Morgan fingerprint density at radius 1 is 1.09 bits per heavy atom. The first kappa shape index (κ1) is 23.5. The van der Waals surface area contributed by atoms with Gasteiger partial charge in [-0.1, -0.05) is 32.1 Å². The highest BCUT2D eigenvalue weighted by molar-refractivity contribution is 5.96. The van der Waals surface area contributed by atoms with Crippen LogP contribution >= 0.6 is 0 Å². The van der Waals surface area contributed by atoms with Crippen LogP contribution in [0.4, 0.5) is 0 Å². The monoisotopic (exact) mass is 457 g/mol. The van der Waals surface area contributed by atoms with Crippen LogP contribution in [0.3, 0.4) is 0 Å². The number of amides is 2. The molecule has 2 aliphatic rings. The molecule has 33 heavy (non-hydrogen) atoms. The molecule has 0 aromatic carbocycles. The van der Waals surface area contributed by atoms with Crippen LogP contribution in [0.1, 0.15) is 67.5 Å². The zero-order valence-electron chi connectivity index (χ0n) is 18.9. The number of aromatic nitrogens is 3. The predicted octanol–water partition coefficient (Wildman–Crippen LogP) is 1.67. The van der Waals surface area contributed by atoms with Gasteiger partial charge in [0.2, 0.25) is 5.91 Å². The highest BCUT2D eigenvalue weighted by Gasteiger charge is 2.40. The number of aromatic amines is 2. The lowest BCUT2D eigenvalue weighted by atomic mass is 9.82. The Bertz CT molecular complexity index is 875. The molecule has 9 nitrogen and oxygen atoms in total. The van der Waals surface area contributed by atoms with E-state index >= 15 is 0 Å². The molecule has 2 saturated carbocycles. The van der Waals surface area contributed by atoms with Gasteiger partial charge in [0.15, 0.2) is 0 Å². The minimum atomic E-state index is -1.03. The van der Waals surface area contributed by atoms with Crippen molar-refractivity contribution < 1.29 is 19.8 Å². The molecule has 0 bridgehead atoms. The lowest BCUT2D eigenvalue weighted by Crippen LogP contribution is -2.56. The molecule has 2 fully saturated rings. The minimum absolute atomic E-state index is 0.0964. The van der Waals surface area contributed by atoms with E-state index in [1.165, 1.54) is 12.7 Å². The lowest BCUT2D eigenvalue weighted by molar-refractivity contribution is -0.125. The van der Waals surface area contributed by atoms with Gasteiger partial charge in [-0.05, 0) is 43.2 Å². The second-order valence-corrected chi connectivity index (χ2v) is 9.56. The summed E-state index contributed by atoms with van der Waals surface area (Å²) in [5, 5.41) is 27.3. The van der Waals surface area contributed by atoms with Gasteiger partial charge in [-0.2, -0.15) is 0 Å². The Hall–Kier alpha value is -2.65. The summed E-state index contributed by atoms with van der Waals surface area (Å²) in [5.41, 5.74) is 1.07. The van der Waals surface area contributed by atoms with Crippen molar-refractivity contribution in [1.29, 1.82) is 0 Å². The molecule has 2 aromatic rings. The third-order valence-electron chi connectivity index (χ3n) is 6.95. The fourth-order valence-electron chi connectivity index (χ4n) is 4.84. The van der Waals surface area contributed by atoms with Crippen LogP contribution in [0.25, 0.3) is 0 Å². The Morgan fingerprint density at radius 2 is 1.88 bits per heavy atom. The van der Waals surface area contributed by atoms with Crippen molar-refractivity contribution >= 4 is 11.8 Å². The highest BCUT2D eigenvalue weighted by atomic mass is 16.3. The van der Waals surface area contributed by atoms with Crippen LogP contribution in [0.15, 0.2) is 30.9 Å². The molecule has 2 amide bonds. The summed E-state index contributed by atoms with van der Waals surface area (Å²) in [5.74, 6) is -0.266. The van der Waals surface area contributed by atoms with Crippen LogP contribution in [-0.4, -0.2) is 61.3 Å². The maximum absolute atomic E-state index is 13.4. The molecule has 0 aliphatic heterocycles. The number of H-pyrrole nitrogens is 2. The maximum Gasteiger partial charge on any atom is 0.268 e. The van der Waals surface area contributed by atoms with Gasteiger partial charge in [0.25, 0.3) is 5.91 Å². The van der Waals surface area contributed by atoms with Gasteiger partial charge in [-0.25, -0.2) is 4.98 Å². The number of carbonyl (C=O) groups is 2. The van der Waals surface area contributed by atoms with E-state index in [4.69, 9.17) is 0 Å². The van der Waals surface area contributed by atoms with E-state index < -0.39 is 24.3 Å². The molecule has 6 N–H and O–H groups in total. The van der Waals surface area contributed by atoms with Crippen molar-refractivity contribution in [2.75, 3.05) is 0 Å². The number of aliphatic hydroxyl groups excluding tert-OH is 2. The highest BCUT2D eigenvalue weighted by Crippen LogP contribution is 2.36. The fraction of sp³-hybridized carbons (Fsp3) is 0.625. The summed E-state index contributed by atoms with van der Waals surface area (Å²) in [7, 11) is 0. The summed E-state index contributed by atoms with van der Waals surface area (Å²) >= 11 is 0. The number of nitrogens with one attached hydrogen (secondary N) is 4. The first-order chi connectivity index (χ1) is 16.0. The number of nitrogens with zero attached hydrogens (tertiary/aromatic N) is 1. The van der Waals surface area contributed by atoms with Crippen molar-refractivity contribution in [2.45, 2.75) is 82.1 Å². The smallest absolute Gasteiger partial charge is 0.268 e. The van der Waals surface area contributed by atoms with Crippen molar-refractivity contribution in [3.8, 4) is 0 Å². The molecule has 0 radical (unpaired) electrons. The average Bonchev–Trinajstić information content (AvgIpc) is 3.28. The van der Waals surface area contributed by atoms with Crippen molar-refractivity contribution in [1.82, 2.24) is 25.6 Å². The molecule has 9 heteroatoms. The quantitative estimate of drug-likeness (QED) is 0.304. The van der Waals surface area contributed by atoms with Gasteiger partial charge >= 0.3 is 0 Å². The van der Waals surface area contributed by atoms with E-state index in [-0.39, 0.29) is 24.2 Å². The molecular formula is C24H35N5O4. The Morgan fingerprint density at radius 3 is 2.52 bits per heavy atom. The third kappa shape index (κ3) is 6.45. The second kappa shape index (κ2) is 11.0. The van der Waals surface area contributed by atoms with Gasteiger partial charge in [0.1, 0.15) is 17.8 Å². The van der Waals surface area contributed by atoms with Crippen LogP contribution in [0.5, 0.6) is 0 Å². The minimum Gasteiger partial charge on any atom is -0.390 e. The Labute approximate surface area is 193 Å². The molecule has 2 heterocycles. The largest absolute Gasteiger partial charge is 0.390 e. The molecule has 1 unspecified atom stereocenters. The van der Waals surface area contributed by atoms with Crippen LogP contribution in [0, 0.1) is 11.8 Å². The van der Waals surface area contributed by atoms with Crippen LogP contribution < -0.4 is 10.6 Å². The molecule has 4 rings (SSSR count). The second-order valence-electron chi connectivity index (χ2n) is 9.56. The first-order valence-corrected chi connectivity index (χ1v) is 12.1. The van der Waals surface area contributed by atoms with E-state index in [0.29, 0.717) is 23.7 Å². The first-order valence-electron chi connectivity index (χ1n) is 12.1. The summed E-state index contributed by atoms with van der Waals surface area (Å²) < 4.78 is 0. The SMILES string of the molecule is O=C(NC(Cc1cnc[nH]1)C(=O)N[C@@H](CC1CCCCC1)[C@@H](O)[C@@H](O)C1CC1)c1ccc[nH]1. The zero-order chi connectivity index (χ0) is 23.2. The number of hydrogen-bond acceptors (Lipinski definition) is 5. The topological polar surface area (TPSA) is 143 Å². The fourth-order valence-corrected chi connectivity index (χ4v) is 4.84. The average molecular weight is 458 g/mol. The number of carbonyl (C=O) groups excluding carboxylic acids is 2. The Balaban J connectivity index is 1.47. The van der Waals surface area contributed by atoms with Crippen molar-refractivity contribution in [3.63, 3.8) is 0 Å². The maximum atomic E-state index is 13.4. The van der Waals surface area contributed by atoms with E-state index in [1.807, 2.05) is 0 Å². The van der Waals surface area contributed by atoms with Gasteiger partial charge in [0, 0.05) is 24.5 Å². The van der Waals surface area contributed by atoms with E-state index in [9.17, 15) is 19.8 Å². The predicted molar refractivity (Wildman–Crippen MR) is 122 cm³/mol. The van der Waals surface area contributed by atoms with Crippen molar-refractivity contribution in [3.05, 3.63) is 42.2 Å². The van der Waals surface area contributed by atoms with Crippen LogP contribution in [-0.2, 0) is 11.2 Å². The van der Waals surface area contributed by atoms with E-state index in [0.717, 1.165) is 38.5 Å². The number of hydrogen-bond donors (Lipinski definition) is 6. The number of rotatable bonds is 11.